The van der Waals surface area contributed by atoms with E-state index in [0.29, 0.717) is 0 Å². The maximum Gasteiger partial charge on any atom is 0.103 e. The fourth-order valence-corrected chi connectivity index (χ4v) is 3.59. The summed E-state index contributed by atoms with van der Waals surface area (Å²) in [6.45, 7) is 10.9. The molecule has 0 aromatic rings. The van der Waals surface area contributed by atoms with Gasteiger partial charge < -0.3 is 0 Å². The number of rotatable bonds is 5. The summed E-state index contributed by atoms with van der Waals surface area (Å²) in [4.78, 5) is 0. The van der Waals surface area contributed by atoms with E-state index in [0.717, 1.165) is 25.7 Å². The minimum absolute atomic E-state index is 0.151. The van der Waals surface area contributed by atoms with Crippen molar-refractivity contribution in [1.82, 2.24) is 0 Å². The summed E-state index contributed by atoms with van der Waals surface area (Å²) in [5, 5.41) is 9.33. The summed E-state index contributed by atoms with van der Waals surface area (Å²) in [5.74, 6) is 0. The van der Waals surface area contributed by atoms with Crippen LogP contribution >= 0.6 is 11.8 Å². The molecule has 0 aromatic carbocycles. The topological polar surface area (TPSA) is 23.8 Å². The van der Waals surface area contributed by atoms with Crippen molar-refractivity contribution in [3.8, 4) is 6.07 Å². The van der Waals surface area contributed by atoms with Gasteiger partial charge in [0.1, 0.15) is 4.75 Å². The molecule has 82 valence electrons. The highest BCUT2D eigenvalue weighted by molar-refractivity contribution is 8.02. The molecule has 2 heteroatoms. The highest BCUT2D eigenvalue weighted by Crippen LogP contribution is 2.42. The molecule has 0 saturated heterocycles. The largest absolute Gasteiger partial charge is 0.197 e. The van der Waals surface area contributed by atoms with E-state index in [-0.39, 0.29) is 9.49 Å². The van der Waals surface area contributed by atoms with Crippen molar-refractivity contribution < 1.29 is 0 Å². The Kier molecular flexibility index (Phi) is 5.59. The molecule has 0 aliphatic carbocycles. The summed E-state index contributed by atoms with van der Waals surface area (Å²) in [6, 6.07) is 2.54. The fraction of sp³-hybridized carbons (Fsp3) is 0.917. The molecular weight excluding hydrogens is 190 g/mol. The first-order chi connectivity index (χ1) is 6.39. The Morgan fingerprint density at radius 1 is 1.07 bits per heavy atom. The Morgan fingerprint density at radius 3 is 1.71 bits per heavy atom. The van der Waals surface area contributed by atoms with Gasteiger partial charge in [-0.15, -0.1) is 11.8 Å². The number of hydrogen-bond acceptors (Lipinski definition) is 2. The van der Waals surface area contributed by atoms with Crippen molar-refractivity contribution in [2.24, 2.45) is 0 Å². The van der Waals surface area contributed by atoms with Crippen LogP contribution in [0.1, 0.15) is 60.3 Å². The van der Waals surface area contributed by atoms with E-state index in [1.807, 2.05) is 11.8 Å². The van der Waals surface area contributed by atoms with Crippen LogP contribution in [0.3, 0.4) is 0 Å². The lowest BCUT2D eigenvalue weighted by Gasteiger charge is -2.32. The van der Waals surface area contributed by atoms with Gasteiger partial charge in [-0.2, -0.15) is 5.26 Å². The molecule has 14 heavy (non-hydrogen) atoms. The summed E-state index contributed by atoms with van der Waals surface area (Å²) < 4.78 is 0.0296. The molecule has 0 atom stereocenters. The molecule has 0 radical (unpaired) electrons. The second-order valence-corrected chi connectivity index (χ2v) is 7.03. The average molecular weight is 213 g/mol. The van der Waals surface area contributed by atoms with Gasteiger partial charge in [0.25, 0.3) is 0 Å². The first-order valence-electron chi connectivity index (χ1n) is 5.50. The van der Waals surface area contributed by atoms with Gasteiger partial charge in [0, 0.05) is 4.75 Å². The third-order valence-corrected chi connectivity index (χ3v) is 3.52. The van der Waals surface area contributed by atoms with E-state index in [1.54, 1.807) is 0 Å². The van der Waals surface area contributed by atoms with Crippen molar-refractivity contribution in [3.63, 3.8) is 0 Å². The molecule has 0 aliphatic rings. The van der Waals surface area contributed by atoms with Crippen LogP contribution in [0.5, 0.6) is 0 Å². The van der Waals surface area contributed by atoms with Gasteiger partial charge >= 0.3 is 0 Å². The average Bonchev–Trinajstić information content (AvgIpc) is 2.02. The Hall–Kier alpha value is -0.160. The van der Waals surface area contributed by atoms with Crippen molar-refractivity contribution in [2.45, 2.75) is 69.8 Å². The van der Waals surface area contributed by atoms with Crippen LogP contribution in [0, 0.1) is 11.3 Å². The van der Waals surface area contributed by atoms with Crippen LogP contribution in [0.15, 0.2) is 0 Å². The van der Waals surface area contributed by atoms with Crippen molar-refractivity contribution in [3.05, 3.63) is 0 Å². The predicted octanol–water partition coefficient (Wildman–Crippen LogP) is 4.38. The molecule has 0 saturated carbocycles. The molecule has 0 rings (SSSR count). The van der Waals surface area contributed by atoms with Crippen molar-refractivity contribution in [1.29, 1.82) is 5.26 Å². The summed E-state index contributed by atoms with van der Waals surface area (Å²) in [6.07, 6.45) is 4.21. The molecule has 0 fully saturated rings. The molecule has 0 aromatic heterocycles. The molecule has 0 heterocycles. The highest BCUT2D eigenvalue weighted by atomic mass is 32.2. The second kappa shape index (κ2) is 5.66. The van der Waals surface area contributed by atoms with Crippen LogP contribution in [0.4, 0.5) is 0 Å². The maximum atomic E-state index is 9.33. The SMILES string of the molecule is CCCC(C#N)(CCC)SC(C)(C)C. The highest BCUT2D eigenvalue weighted by Gasteiger charge is 2.33. The first-order valence-corrected chi connectivity index (χ1v) is 6.32. The van der Waals surface area contributed by atoms with Crippen LogP contribution in [0.25, 0.3) is 0 Å². The molecule has 0 bridgehead atoms. The van der Waals surface area contributed by atoms with Crippen molar-refractivity contribution in [2.75, 3.05) is 0 Å². The zero-order chi connectivity index (χ0) is 11.2. The Morgan fingerprint density at radius 2 is 1.50 bits per heavy atom. The third kappa shape index (κ3) is 4.91. The monoisotopic (exact) mass is 213 g/mol. The maximum absolute atomic E-state index is 9.33. The van der Waals surface area contributed by atoms with Gasteiger partial charge in [-0.25, -0.2) is 0 Å². The molecule has 0 amide bonds. The number of thioether (sulfide) groups is 1. The predicted molar refractivity (Wildman–Crippen MR) is 65.5 cm³/mol. The van der Waals surface area contributed by atoms with Gasteiger partial charge in [0.2, 0.25) is 0 Å². The van der Waals surface area contributed by atoms with Crippen LogP contribution in [-0.2, 0) is 0 Å². The zero-order valence-corrected chi connectivity index (χ0v) is 11.0. The van der Waals surface area contributed by atoms with Gasteiger partial charge in [-0.3, -0.25) is 0 Å². The first kappa shape index (κ1) is 13.8. The van der Waals surface area contributed by atoms with Gasteiger partial charge in [-0.1, -0.05) is 47.5 Å². The minimum Gasteiger partial charge on any atom is -0.197 e. The van der Waals surface area contributed by atoms with E-state index in [1.165, 1.54) is 0 Å². The summed E-state index contributed by atoms with van der Waals surface area (Å²) >= 11 is 1.84. The van der Waals surface area contributed by atoms with E-state index in [9.17, 15) is 5.26 Å². The van der Waals surface area contributed by atoms with E-state index in [2.05, 4.69) is 40.7 Å². The van der Waals surface area contributed by atoms with Crippen molar-refractivity contribution >= 4 is 11.8 Å². The number of nitriles is 1. The normalized spacial score (nSPS) is 12.6. The van der Waals surface area contributed by atoms with Crippen LogP contribution in [-0.4, -0.2) is 9.49 Å². The lowest BCUT2D eigenvalue weighted by molar-refractivity contribution is 0.575. The van der Waals surface area contributed by atoms with Gasteiger partial charge in [-0.05, 0) is 12.8 Å². The molecule has 1 nitrogen and oxygen atoms in total. The number of nitrogens with zero attached hydrogens (tertiary/aromatic N) is 1. The van der Waals surface area contributed by atoms with E-state index >= 15 is 0 Å². The Bertz CT molecular complexity index is 191. The summed E-state index contributed by atoms with van der Waals surface area (Å²) in [5.41, 5.74) is 0. The Labute approximate surface area is 93.3 Å². The second-order valence-electron chi connectivity index (χ2n) is 4.82. The third-order valence-electron chi connectivity index (χ3n) is 2.01. The fourth-order valence-electron chi connectivity index (χ4n) is 1.76. The van der Waals surface area contributed by atoms with E-state index in [4.69, 9.17) is 0 Å². The van der Waals surface area contributed by atoms with Gasteiger partial charge in [0.05, 0.1) is 6.07 Å². The van der Waals surface area contributed by atoms with E-state index < -0.39 is 0 Å². The molecular formula is C12H23NS. The standard InChI is InChI=1S/C12H23NS/c1-6-8-12(10-13,9-7-2)14-11(3,4)5/h6-9H2,1-5H3. The zero-order valence-electron chi connectivity index (χ0n) is 10.2. The minimum atomic E-state index is -0.151. The van der Waals surface area contributed by atoms with Gasteiger partial charge in [0.15, 0.2) is 0 Å². The molecule has 0 aliphatic heterocycles. The number of hydrogen-bond donors (Lipinski definition) is 0. The molecule has 0 spiro atoms. The molecule has 0 N–H and O–H groups in total. The lowest BCUT2D eigenvalue weighted by atomic mass is 9.99. The lowest BCUT2D eigenvalue weighted by Crippen LogP contribution is -2.28. The van der Waals surface area contributed by atoms with Crippen LogP contribution in [0.2, 0.25) is 0 Å². The smallest absolute Gasteiger partial charge is 0.103 e. The Balaban J connectivity index is 4.59. The molecule has 0 unspecified atom stereocenters. The van der Waals surface area contributed by atoms with Crippen LogP contribution < -0.4 is 0 Å². The summed E-state index contributed by atoms with van der Waals surface area (Å²) in [7, 11) is 0. The quantitative estimate of drug-likeness (QED) is 0.676.